The summed E-state index contributed by atoms with van der Waals surface area (Å²) in [6.45, 7) is 3.30. The Labute approximate surface area is 148 Å². The molecule has 0 fully saturated rings. The molecule has 3 rings (SSSR count). The van der Waals surface area contributed by atoms with E-state index >= 15 is 0 Å². The van der Waals surface area contributed by atoms with Crippen LogP contribution in [-0.4, -0.2) is 28.6 Å². The second kappa shape index (κ2) is 6.90. The van der Waals surface area contributed by atoms with Crippen LogP contribution in [0.3, 0.4) is 0 Å². The summed E-state index contributed by atoms with van der Waals surface area (Å²) in [6, 6.07) is 10.4. The van der Waals surface area contributed by atoms with E-state index in [4.69, 9.17) is 4.74 Å². The lowest BCUT2D eigenvalue weighted by Crippen LogP contribution is -2.20. The predicted molar refractivity (Wildman–Crippen MR) is 96.1 cm³/mol. The number of fused-ring (bicyclic) bond motifs is 1. The fourth-order valence-corrected chi connectivity index (χ4v) is 3.11. The van der Waals surface area contributed by atoms with Gasteiger partial charge in [0.15, 0.2) is 11.7 Å². The van der Waals surface area contributed by atoms with Gasteiger partial charge in [-0.3, -0.25) is 10.1 Å². The summed E-state index contributed by atoms with van der Waals surface area (Å²) < 4.78 is 4.99. The minimum Gasteiger partial charge on any atom is -0.507 e. The molecular weight excluding hydrogens is 340 g/mol. The zero-order valence-corrected chi connectivity index (χ0v) is 14.5. The largest absolute Gasteiger partial charge is 0.507 e. The third kappa shape index (κ3) is 3.77. The first kappa shape index (κ1) is 16.9. The molecule has 128 valence electrons. The van der Waals surface area contributed by atoms with Crippen molar-refractivity contribution in [3.05, 3.63) is 52.5 Å². The van der Waals surface area contributed by atoms with E-state index in [1.807, 2.05) is 38.1 Å². The Morgan fingerprint density at radius 3 is 2.52 bits per heavy atom. The molecule has 6 nitrogen and oxygen atoms in total. The topological polar surface area (TPSA) is 88.5 Å². The fraction of sp³-hybridized carbons (Fsp3) is 0.167. The van der Waals surface area contributed by atoms with E-state index in [-0.39, 0.29) is 11.3 Å². The zero-order chi connectivity index (χ0) is 18.0. The van der Waals surface area contributed by atoms with Crippen LogP contribution in [0.15, 0.2) is 36.4 Å². The van der Waals surface area contributed by atoms with Crippen molar-refractivity contribution >= 4 is 39.1 Å². The Bertz CT molecular complexity index is 945. The number of hydrogen-bond donors (Lipinski definition) is 2. The number of rotatable bonds is 4. The number of nitrogens with one attached hydrogen (secondary N) is 1. The molecule has 25 heavy (non-hydrogen) atoms. The Kier molecular flexibility index (Phi) is 4.67. The van der Waals surface area contributed by atoms with Gasteiger partial charge in [0.05, 0.1) is 5.69 Å². The van der Waals surface area contributed by atoms with Gasteiger partial charge in [0.2, 0.25) is 0 Å². The Balaban J connectivity index is 1.66. The van der Waals surface area contributed by atoms with Crippen molar-refractivity contribution in [1.82, 2.24) is 4.98 Å². The molecule has 0 aliphatic rings. The van der Waals surface area contributed by atoms with E-state index in [0.29, 0.717) is 5.13 Å². The maximum absolute atomic E-state index is 12.1. The number of esters is 1. The molecule has 0 radical (unpaired) electrons. The molecular formula is C18H16N2O4S. The summed E-state index contributed by atoms with van der Waals surface area (Å²) in [5.41, 5.74) is 0.866. The molecule has 0 atom stereocenters. The van der Waals surface area contributed by atoms with E-state index < -0.39 is 18.5 Å². The van der Waals surface area contributed by atoms with Crippen LogP contribution in [0.25, 0.3) is 10.8 Å². The van der Waals surface area contributed by atoms with Crippen LogP contribution in [0.1, 0.15) is 20.9 Å². The van der Waals surface area contributed by atoms with Crippen molar-refractivity contribution in [2.45, 2.75) is 13.8 Å². The molecule has 3 aromatic rings. The minimum atomic E-state index is -0.759. The van der Waals surface area contributed by atoms with Gasteiger partial charge in [-0.25, -0.2) is 9.78 Å². The highest BCUT2D eigenvalue weighted by Gasteiger charge is 2.16. The van der Waals surface area contributed by atoms with Gasteiger partial charge >= 0.3 is 5.97 Å². The standard InChI is InChI=1S/C18H16N2O4S/c1-10-11(2)25-18(19-10)20-16(22)9-24-17(23)14-7-12-5-3-4-6-13(12)8-15(14)21/h3-8,21H,9H2,1-2H3,(H,19,20,22). The Morgan fingerprint density at radius 1 is 1.20 bits per heavy atom. The summed E-state index contributed by atoms with van der Waals surface area (Å²) >= 11 is 1.35. The maximum atomic E-state index is 12.1. The van der Waals surface area contributed by atoms with Crippen molar-refractivity contribution in [1.29, 1.82) is 0 Å². The summed E-state index contributed by atoms with van der Waals surface area (Å²) in [5.74, 6) is -1.43. The molecule has 2 N–H and O–H groups in total. The van der Waals surface area contributed by atoms with Gasteiger partial charge in [-0.1, -0.05) is 24.3 Å². The molecule has 7 heteroatoms. The summed E-state index contributed by atoms with van der Waals surface area (Å²) in [7, 11) is 0. The second-order valence-corrected chi connectivity index (χ2v) is 6.70. The van der Waals surface area contributed by atoms with Crippen LogP contribution in [-0.2, 0) is 9.53 Å². The number of anilines is 1. The Hall–Kier alpha value is -2.93. The van der Waals surface area contributed by atoms with E-state index in [9.17, 15) is 14.7 Å². The van der Waals surface area contributed by atoms with Gasteiger partial charge in [-0.05, 0) is 36.8 Å². The van der Waals surface area contributed by atoms with Crippen LogP contribution < -0.4 is 5.32 Å². The molecule has 0 bridgehead atoms. The van der Waals surface area contributed by atoms with E-state index in [2.05, 4.69) is 10.3 Å². The monoisotopic (exact) mass is 356 g/mol. The molecule has 0 saturated carbocycles. The molecule has 0 spiro atoms. The molecule has 2 aromatic carbocycles. The number of ether oxygens (including phenoxy) is 1. The average molecular weight is 356 g/mol. The van der Waals surface area contributed by atoms with Gasteiger partial charge < -0.3 is 9.84 Å². The molecule has 1 amide bonds. The zero-order valence-electron chi connectivity index (χ0n) is 13.7. The fourth-order valence-electron chi connectivity index (χ4n) is 2.28. The first-order valence-electron chi connectivity index (χ1n) is 7.57. The highest BCUT2D eigenvalue weighted by molar-refractivity contribution is 7.15. The SMILES string of the molecule is Cc1nc(NC(=O)COC(=O)c2cc3ccccc3cc2O)sc1C. The first-order valence-corrected chi connectivity index (χ1v) is 8.38. The summed E-state index contributed by atoms with van der Waals surface area (Å²) in [4.78, 5) is 29.2. The Morgan fingerprint density at radius 2 is 1.88 bits per heavy atom. The summed E-state index contributed by atoms with van der Waals surface area (Å²) in [5, 5.41) is 14.7. The lowest BCUT2D eigenvalue weighted by molar-refractivity contribution is -0.119. The van der Waals surface area contributed by atoms with Crippen LogP contribution >= 0.6 is 11.3 Å². The normalized spacial score (nSPS) is 10.6. The number of carbonyl (C=O) groups excluding carboxylic acids is 2. The predicted octanol–water partition coefficient (Wildman–Crippen LogP) is 3.41. The van der Waals surface area contributed by atoms with Gasteiger partial charge in [0.25, 0.3) is 5.91 Å². The van der Waals surface area contributed by atoms with Crippen LogP contribution in [0.4, 0.5) is 5.13 Å². The van der Waals surface area contributed by atoms with Gasteiger partial charge in [-0.2, -0.15) is 0 Å². The van der Waals surface area contributed by atoms with Crippen LogP contribution in [0, 0.1) is 13.8 Å². The third-order valence-corrected chi connectivity index (χ3v) is 4.68. The first-order chi connectivity index (χ1) is 11.9. The van der Waals surface area contributed by atoms with Crippen molar-refractivity contribution in [3.63, 3.8) is 0 Å². The number of thiazole rings is 1. The van der Waals surface area contributed by atoms with Crippen molar-refractivity contribution in [2.24, 2.45) is 0 Å². The average Bonchev–Trinajstić information content (AvgIpc) is 2.89. The lowest BCUT2D eigenvalue weighted by Gasteiger charge is -2.07. The van der Waals surface area contributed by atoms with E-state index in [0.717, 1.165) is 21.3 Å². The highest BCUT2D eigenvalue weighted by Crippen LogP contribution is 2.25. The van der Waals surface area contributed by atoms with Crippen LogP contribution in [0.5, 0.6) is 5.75 Å². The molecule has 0 aliphatic carbocycles. The number of aromatic nitrogens is 1. The van der Waals surface area contributed by atoms with Gasteiger partial charge in [0, 0.05) is 4.88 Å². The number of aryl methyl sites for hydroxylation is 2. The molecule has 0 aliphatic heterocycles. The van der Waals surface area contributed by atoms with Crippen LogP contribution in [0.2, 0.25) is 0 Å². The molecule has 1 heterocycles. The van der Waals surface area contributed by atoms with E-state index in [1.54, 1.807) is 6.07 Å². The van der Waals surface area contributed by atoms with Gasteiger partial charge in [-0.15, -0.1) is 11.3 Å². The molecule has 0 unspecified atom stereocenters. The number of phenolic OH excluding ortho intramolecular Hbond substituents is 1. The molecule has 1 aromatic heterocycles. The summed E-state index contributed by atoms with van der Waals surface area (Å²) in [6.07, 6.45) is 0. The van der Waals surface area contributed by atoms with Crippen molar-refractivity contribution in [3.8, 4) is 5.75 Å². The highest BCUT2D eigenvalue weighted by atomic mass is 32.1. The number of aromatic hydroxyl groups is 1. The van der Waals surface area contributed by atoms with E-state index in [1.165, 1.54) is 17.4 Å². The quantitative estimate of drug-likeness (QED) is 0.699. The third-order valence-electron chi connectivity index (χ3n) is 3.69. The minimum absolute atomic E-state index is 0.0208. The second-order valence-electron chi connectivity index (χ2n) is 5.50. The number of phenols is 1. The smallest absolute Gasteiger partial charge is 0.342 e. The maximum Gasteiger partial charge on any atom is 0.342 e. The number of carbonyl (C=O) groups is 2. The number of amides is 1. The number of hydrogen-bond acceptors (Lipinski definition) is 6. The molecule has 0 saturated heterocycles. The van der Waals surface area contributed by atoms with Crippen molar-refractivity contribution < 1.29 is 19.4 Å². The van der Waals surface area contributed by atoms with Crippen molar-refractivity contribution in [2.75, 3.05) is 11.9 Å². The lowest BCUT2D eigenvalue weighted by atomic mass is 10.1. The number of benzene rings is 2. The number of nitrogens with zero attached hydrogens (tertiary/aromatic N) is 1. The van der Waals surface area contributed by atoms with Gasteiger partial charge in [0.1, 0.15) is 11.3 Å².